The lowest BCUT2D eigenvalue weighted by molar-refractivity contribution is 0.583. The Hall–Kier alpha value is -0.810. The van der Waals surface area contributed by atoms with Gasteiger partial charge in [0.05, 0.1) is 0 Å². The number of nitrogens with one attached hydrogen (secondary N) is 2. The smallest absolute Gasteiger partial charge is 0.251 e. The van der Waals surface area contributed by atoms with Crippen LogP contribution in [0.15, 0.2) is 22.2 Å². The predicted molar refractivity (Wildman–Crippen MR) is 61.2 cm³/mol. The molecule has 4 nitrogen and oxygen atoms in total. The van der Waals surface area contributed by atoms with Gasteiger partial charge in [-0.3, -0.25) is 4.79 Å². The molecule has 1 aliphatic rings. The second kappa shape index (κ2) is 4.81. The standard InChI is InChI=1S/C10H15N3OS/c1-11-7-2-3-8(6-7)15-10-12-5-4-9(14)13-10/h4-5,7-8,11H,2-3,6H2,1H3,(H,12,13,14). The van der Waals surface area contributed by atoms with Crippen LogP contribution in [0.2, 0.25) is 0 Å². The van der Waals surface area contributed by atoms with E-state index in [1.54, 1.807) is 18.0 Å². The Bertz CT molecular complexity index is 379. The van der Waals surface area contributed by atoms with Crippen LogP contribution in [0.4, 0.5) is 0 Å². The maximum Gasteiger partial charge on any atom is 0.251 e. The normalized spacial score (nSPS) is 25.7. The third kappa shape index (κ3) is 2.82. The first-order chi connectivity index (χ1) is 7.28. The van der Waals surface area contributed by atoms with Crippen molar-refractivity contribution in [1.82, 2.24) is 15.3 Å². The van der Waals surface area contributed by atoms with Gasteiger partial charge in [-0.15, -0.1) is 0 Å². The molecule has 82 valence electrons. The molecule has 1 heterocycles. The zero-order valence-electron chi connectivity index (χ0n) is 8.69. The lowest BCUT2D eigenvalue weighted by Gasteiger charge is -2.09. The quantitative estimate of drug-likeness (QED) is 0.754. The van der Waals surface area contributed by atoms with Gasteiger partial charge in [-0.05, 0) is 26.3 Å². The zero-order valence-corrected chi connectivity index (χ0v) is 9.51. The molecule has 2 atom stereocenters. The number of aromatic nitrogens is 2. The maximum absolute atomic E-state index is 11.1. The van der Waals surface area contributed by atoms with E-state index >= 15 is 0 Å². The lowest BCUT2D eigenvalue weighted by atomic mass is 10.3. The van der Waals surface area contributed by atoms with Crippen LogP contribution in [0.3, 0.4) is 0 Å². The van der Waals surface area contributed by atoms with Crippen molar-refractivity contribution in [2.45, 2.75) is 35.7 Å². The Balaban J connectivity index is 1.95. The van der Waals surface area contributed by atoms with Gasteiger partial charge in [0.2, 0.25) is 0 Å². The Kier molecular flexibility index (Phi) is 3.43. The van der Waals surface area contributed by atoms with Crippen molar-refractivity contribution >= 4 is 11.8 Å². The van der Waals surface area contributed by atoms with Crippen LogP contribution in [0, 0.1) is 0 Å². The highest BCUT2D eigenvalue weighted by molar-refractivity contribution is 7.99. The van der Waals surface area contributed by atoms with Gasteiger partial charge in [0.25, 0.3) is 5.56 Å². The third-order valence-corrected chi connectivity index (χ3v) is 3.91. The number of rotatable bonds is 3. The topological polar surface area (TPSA) is 57.8 Å². The summed E-state index contributed by atoms with van der Waals surface area (Å²) in [6, 6.07) is 2.06. The van der Waals surface area contributed by atoms with Gasteiger partial charge in [0, 0.05) is 23.6 Å². The van der Waals surface area contributed by atoms with Crippen molar-refractivity contribution in [2.24, 2.45) is 0 Å². The van der Waals surface area contributed by atoms with E-state index in [2.05, 4.69) is 15.3 Å². The van der Waals surface area contributed by atoms with Crippen LogP contribution in [0.25, 0.3) is 0 Å². The summed E-state index contributed by atoms with van der Waals surface area (Å²) in [7, 11) is 2.00. The fraction of sp³-hybridized carbons (Fsp3) is 0.600. The van der Waals surface area contributed by atoms with Gasteiger partial charge in [-0.1, -0.05) is 11.8 Å². The third-order valence-electron chi connectivity index (χ3n) is 2.72. The number of H-pyrrole nitrogens is 1. The first-order valence-electron chi connectivity index (χ1n) is 5.17. The molecular weight excluding hydrogens is 210 g/mol. The summed E-state index contributed by atoms with van der Waals surface area (Å²) in [6.07, 6.45) is 5.12. The summed E-state index contributed by atoms with van der Waals surface area (Å²) in [6.45, 7) is 0. The number of thioether (sulfide) groups is 1. The first-order valence-corrected chi connectivity index (χ1v) is 6.05. The predicted octanol–water partition coefficient (Wildman–Crippen LogP) is 1.00. The van der Waals surface area contributed by atoms with Gasteiger partial charge < -0.3 is 10.3 Å². The molecule has 1 fully saturated rings. The summed E-state index contributed by atoms with van der Waals surface area (Å²) >= 11 is 1.68. The highest BCUT2D eigenvalue weighted by atomic mass is 32.2. The van der Waals surface area contributed by atoms with E-state index < -0.39 is 0 Å². The van der Waals surface area contributed by atoms with Gasteiger partial charge in [0.1, 0.15) is 0 Å². The molecule has 0 bridgehead atoms. The van der Waals surface area contributed by atoms with Crippen molar-refractivity contribution in [3.8, 4) is 0 Å². The van der Waals surface area contributed by atoms with Crippen molar-refractivity contribution < 1.29 is 0 Å². The first kappa shape index (κ1) is 10.7. The second-order valence-electron chi connectivity index (χ2n) is 3.78. The Morgan fingerprint density at radius 2 is 2.47 bits per heavy atom. The van der Waals surface area contributed by atoms with E-state index in [1.165, 1.54) is 18.9 Å². The molecule has 0 spiro atoms. The van der Waals surface area contributed by atoms with E-state index in [-0.39, 0.29) is 5.56 Å². The highest BCUT2D eigenvalue weighted by Gasteiger charge is 2.24. The van der Waals surface area contributed by atoms with Crippen LogP contribution in [-0.2, 0) is 0 Å². The molecule has 1 aliphatic carbocycles. The van der Waals surface area contributed by atoms with Crippen LogP contribution >= 0.6 is 11.8 Å². The Labute approximate surface area is 92.9 Å². The summed E-state index contributed by atoms with van der Waals surface area (Å²) in [4.78, 5) is 17.9. The molecule has 2 unspecified atom stereocenters. The molecule has 0 aromatic carbocycles. The van der Waals surface area contributed by atoms with E-state index in [0.717, 1.165) is 11.6 Å². The summed E-state index contributed by atoms with van der Waals surface area (Å²) in [5, 5.41) is 4.60. The van der Waals surface area contributed by atoms with E-state index in [1.807, 2.05) is 7.05 Å². The molecule has 1 saturated carbocycles. The molecule has 0 aliphatic heterocycles. The molecular formula is C10H15N3OS. The van der Waals surface area contributed by atoms with Crippen LogP contribution < -0.4 is 10.9 Å². The fourth-order valence-electron chi connectivity index (χ4n) is 1.88. The van der Waals surface area contributed by atoms with Crippen molar-refractivity contribution in [2.75, 3.05) is 7.05 Å². The molecule has 0 amide bonds. The van der Waals surface area contributed by atoms with Crippen LogP contribution in [-0.4, -0.2) is 28.3 Å². The number of nitrogens with zero attached hydrogens (tertiary/aromatic N) is 1. The molecule has 1 aromatic heterocycles. The van der Waals surface area contributed by atoms with Crippen molar-refractivity contribution in [1.29, 1.82) is 0 Å². The summed E-state index contributed by atoms with van der Waals surface area (Å²) < 4.78 is 0. The zero-order chi connectivity index (χ0) is 10.7. The number of hydrogen-bond acceptors (Lipinski definition) is 4. The molecule has 2 N–H and O–H groups in total. The van der Waals surface area contributed by atoms with Crippen molar-refractivity contribution in [3.05, 3.63) is 22.6 Å². The highest BCUT2D eigenvalue weighted by Crippen LogP contribution is 2.32. The number of hydrogen-bond donors (Lipinski definition) is 2. The maximum atomic E-state index is 11.1. The molecule has 0 radical (unpaired) electrons. The Morgan fingerprint density at radius 1 is 1.60 bits per heavy atom. The van der Waals surface area contributed by atoms with Crippen LogP contribution in [0.1, 0.15) is 19.3 Å². The number of aromatic amines is 1. The van der Waals surface area contributed by atoms with Gasteiger partial charge >= 0.3 is 0 Å². The monoisotopic (exact) mass is 225 g/mol. The molecule has 1 aromatic rings. The average molecular weight is 225 g/mol. The molecule has 0 saturated heterocycles. The summed E-state index contributed by atoms with van der Waals surface area (Å²) in [5.41, 5.74) is -0.0735. The van der Waals surface area contributed by atoms with Gasteiger partial charge in [0.15, 0.2) is 5.16 Å². The largest absolute Gasteiger partial charge is 0.317 e. The second-order valence-corrected chi connectivity index (χ2v) is 5.07. The van der Waals surface area contributed by atoms with E-state index in [0.29, 0.717) is 11.3 Å². The molecule has 15 heavy (non-hydrogen) atoms. The fourth-order valence-corrected chi connectivity index (χ4v) is 3.06. The van der Waals surface area contributed by atoms with Crippen molar-refractivity contribution in [3.63, 3.8) is 0 Å². The van der Waals surface area contributed by atoms with E-state index in [4.69, 9.17) is 0 Å². The Morgan fingerprint density at radius 3 is 3.13 bits per heavy atom. The summed E-state index contributed by atoms with van der Waals surface area (Å²) in [5.74, 6) is 0. The van der Waals surface area contributed by atoms with E-state index in [9.17, 15) is 4.79 Å². The minimum Gasteiger partial charge on any atom is -0.317 e. The SMILES string of the molecule is CNC1CCC(Sc2nccc(=O)[nH]2)C1. The average Bonchev–Trinajstić information content (AvgIpc) is 2.65. The molecule has 2 rings (SSSR count). The van der Waals surface area contributed by atoms with Crippen LogP contribution in [0.5, 0.6) is 0 Å². The minimum absolute atomic E-state index is 0.0735. The molecule has 5 heteroatoms. The van der Waals surface area contributed by atoms with Gasteiger partial charge in [-0.25, -0.2) is 4.98 Å². The lowest BCUT2D eigenvalue weighted by Crippen LogP contribution is -2.21. The minimum atomic E-state index is -0.0735. The van der Waals surface area contributed by atoms with Gasteiger partial charge in [-0.2, -0.15) is 0 Å².